The summed E-state index contributed by atoms with van der Waals surface area (Å²) in [6, 6.07) is 10.6. The van der Waals surface area contributed by atoms with Crippen molar-refractivity contribution in [3.8, 4) is 22.8 Å². The molecule has 0 fully saturated rings. The summed E-state index contributed by atoms with van der Waals surface area (Å²) in [7, 11) is 5.74. The van der Waals surface area contributed by atoms with Gasteiger partial charge in [0.05, 0.1) is 12.8 Å². The Labute approximate surface area is 186 Å². The highest BCUT2D eigenvalue weighted by Gasteiger charge is 2.22. The van der Waals surface area contributed by atoms with Crippen LogP contribution in [0.1, 0.15) is 0 Å². The molecule has 0 aliphatic carbocycles. The van der Waals surface area contributed by atoms with Crippen LogP contribution in [0.4, 0.5) is 14.9 Å². The summed E-state index contributed by atoms with van der Waals surface area (Å²) in [6.45, 7) is 0. The molecule has 0 atom stereocenters. The van der Waals surface area contributed by atoms with E-state index in [-0.39, 0.29) is 22.9 Å². The second kappa shape index (κ2) is 8.26. The first-order valence-corrected chi connectivity index (χ1v) is 9.88. The molecule has 0 aliphatic heterocycles. The number of rotatable bonds is 4. The van der Waals surface area contributed by atoms with Crippen LogP contribution in [-0.4, -0.2) is 38.9 Å². The molecular formula is C22H21FN6O4. The van der Waals surface area contributed by atoms with Gasteiger partial charge in [0.1, 0.15) is 5.82 Å². The Morgan fingerprint density at radius 1 is 1.06 bits per heavy atom. The first-order chi connectivity index (χ1) is 15.8. The molecule has 170 valence electrons. The van der Waals surface area contributed by atoms with Crippen LogP contribution < -0.4 is 26.6 Å². The predicted octanol–water partition coefficient (Wildman–Crippen LogP) is 1.99. The third-order valence-corrected chi connectivity index (χ3v) is 5.28. The van der Waals surface area contributed by atoms with Gasteiger partial charge in [0.25, 0.3) is 5.56 Å². The number of imidazole rings is 1. The molecule has 11 heteroatoms. The molecule has 4 aromatic rings. The van der Waals surface area contributed by atoms with Gasteiger partial charge >= 0.3 is 11.7 Å². The number of aromatic nitrogens is 4. The minimum Gasteiger partial charge on any atom is -0.494 e. The zero-order valence-electron chi connectivity index (χ0n) is 18.3. The average Bonchev–Trinajstić information content (AvgIpc) is 3.22. The highest BCUT2D eigenvalue weighted by molar-refractivity contribution is 5.89. The molecule has 2 aromatic heterocycles. The van der Waals surface area contributed by atoms with Crippen molar-refractivity contribution in [2.24, 2.45) is 14.1 Å². The minimum atomic E-state index is -0.616. The van der Waals surface area contributed by atoms with Crippen molar-refractivity contribution in [2.45, 2.75) is 0 Å². The van der Waals surface area contributed by atoms with Gasteiger partial charge in [-0.15, -0.1) is 0 Å². The van der Waals surface area contributed by atoms with E-state index in [4.69, 9.17) is 4.74 Å². The van der Waals surface area contributed by atoms with Crippen molar-refractivity contribution in [1.82, 2.24) is 24.0 Å². The van der Waals surface area contributed by atoms with E-state index in [0.717, 1.165) is 4.57 Å². The number of anilines is 1. The first kappa shape index (κ1) is 21.8. The van der Waals surface area contributed by atoms with Gasteiger partial charge < -0.3 is 15.4 Å². The highest BCUT2D eigenvalue weighted by Crippen LogP contribution is 2.29. The van der Waals surface area contributed by atoms with Gasteiger partial charge in [-0.1, -0.05) is 0 Å². The smallest absolute Gasteiger partial charge is 0.332 e. The molecule has 0 radical (unpaired) electrons. The Morgan fingerprint density at radius 2 is 1.76 bits per heavy atom. The summed E-state index contributed by atoms with van der Waals surface area (Å²) < 4.78 is 23.3. The molecule has 0 saturated heterocycles. The number of hydrogen-bond acceptors (Lipinski definition) is 5. The van der Waals surface area contributed by atoms with Gasteiger partial charge in [0.15, 0.2) is 22.7 Å². The normalized spacial score (nSPS) is 10.9. The van der Waals surface area contributed by atoms with Crippen LogP contribution in [0.5, 0.6) is 5.75 Å². The summed E-state index contributed by atoms with van der Waals surface area (Å²) in [4.78, 5) is 41.7. The Bertz CT molecular complexity index is 1500. The predicted molar refractivity (Wildman–Crippen MR) is 122 cm³/mol. The number of fused-ring (bicyclic) bond motifs is 1. The third kappa shape index (κ3) is 3.63. The van der Waals surface area contributed by atoms with Crippen LogP contribution in [0, 0.1) is 5.82 Å². The maximum absolute atomic E-state index is 14.6. The number of urea groups is 1. The molecule has 2 heterocycles. The van der Waals surface area contributed by atoms with Crippen molar-refractivity contribution >= 4 is 22.9 Å². The third-order valence-electron chi connectivity index (χ3n) is 5.28. The fourth-order valence-corrected chi connectivity index (χ4v) is 3.53. The van der Waals surface area contributed by atoms with Crippen LogP contribution in [-0.2, 0) is 14.1 Å². The van der Waals surface area contributed by atoms with E-state index in [0.29, 0.717) is 22.8 Å². The number of aryl methyl sites for hydroxylation is 1. The molecule has 10 nitrogen and oxygen atoms in total. The lowest BCUT2D eigenvalue weighted by molar-refractivity contribution is 0.254. The Hall–Kier alpha value is -4.41. The van der Waals surface area contributed by atoms with Crippen LogP contribution >= 0.6 is 0 Å². The summed E-state index contributed by atoms with van der Waals surface area (Å²) in [6.07, 6.45) is 0. The van der Waals surface area contributed by atoms with E-state index < -0.39 is 17.1 Å². The van der Waals surface area contributed by atoms with E-state index in [1.165, 1.54) is 49.5 Å². The number of carbonyl (C=O) groups excluding carboxylic acids is 1. The van der Waals surface area contributed by atoms with E-state index >= 15 is 0 Å². The summed E-state index contributed by atoms with van der Waals surface area (Å²) in [5.74, 6) is -0.247. The second-order valence-corrected chi connectivity index (χ2v) is 7.25. The average molecular weight is 452 g/mol. The summed E-state index contributed by atoms with van der Waals surface area (Å²) >= 11 is 0. The SMILES string of the molecule is CNC(=O)Nc1ccc(-c2nc3c(c(=O)n(C)c(=O)n3C)n2-c2ccc(OC)c(F)c2)cc1. The minimum absolute atomic E-state index is 0.0506. The molecule has 4 rings (SSSR count). The molecule has 2 amide bonds. The second-order valence-electron chi connectivity index (χ2n) is 7.25. The van der Waals surface area contributed by atoms with Gasteiger partial charge in [-0.25, -0.2) is 19.0 Å². The number of hydrogen-bond donors (Lipinski definition) is 2. The molecule has 0 spiro atoms. The first-order valence-electron chi connectivity index (χ1n) is 9.88. The summed E-state index contributed by atoms with van der Waals surface area (Å²) in [5, 5.41) is 5.12. The Kier molecular flexibility index (Phi) is 5.46. The van der Waals surface area contributed by atoms with Gasteiger partial charge in [-0.3, -0.25) is 18.5 Å². The quantitative estimate of drug-likeness (QED) is 0.492. The highest BCUT2D eigenvalue weighted by atomic mass is 19.1. The zero-order chi connectivity index (χ0) is 23.9. The van der Waals surface area contributed by atoms with Crippen molar-refractivity contribution in [3.63, 3.8) is 0 Å². The van der Waals surface area contributed by atoms with E-state index in [1.54, 1.807) is 30.3 Å². The number of nitrogens with zero attached hydrogens (tertiary/aromatic N) is 4. The van der Waals surface area contributed by atoms with E-state index in [1.807, 2.05) is 0 Å². The standard InChI is InChI=1S/C22H21FN6O4/c1-24-21(31)25-13-7-5-12(6-8-13)18-26-19-17(20(30)28(3)22(32)27(19)2)29(18)14-9-10-16(33-4)15(23)11-14/h5-11H,1-4H3,(H2,24,25,31). The maximum atomic E-state index is 14.6. The summed E-state index contributed by atoms with van der Waals surface area (Å²) in [5.41, 5.74) is 0.623. The lowest BCUT2D eigenvalue weighted by atomic mass is 10.2. The van der Waals surface area contributed by atoms with Crippen molar-refractivity contribution in [1.29, 1.82) is 0 Å². The van der Waals surface area contributed by atoms with E-state index in [9.17, 15) is 18.8 Å². The molecule has 0 unspecified atom stereocenters. The van der Waals surface area contributed by atoms with Crippen LogP contribution in [0.3, 0.4) is 0 Å². The maximum Gasteiger partial charge on any atom is 0.332 e. The molecule has 2 N–H and O–H groups in total. The number of halogens is 1. The van der Waals surface area contributed by atoms with E-state index in [2.05, 4.69) is 15.6 Å². The molecule has 33 heavy (non-hydrogen) atoms. The van der Waals surface area contributed by atoms with Gasteiger partial charge in [0, 0.05) is 38.5 Å². The van der Waals surface area contributed by atoms with Crippen molar-refractivity contribution in [2.75, 3.05) is 19.5 Å². The number of ether oxygens (including phenoxy) is 1. The number of methoxy groups -OCH3 is 1. The molecule has 0 saturated carbocycles. The van der Waals surface area contributed by atoms with Gasteiger partial charge in [0.2, 0.25) is 0 Å². The van der Waals surface area contributed by atoms with Crippen LogP contribution in [0.15, 0.2) is 52.1 Å². The number of benzene rings is 2. The lowest BCUT2D eigenvalue weighted by Gasteiger charge is -2.12. The lowest BCUT2D eigenvalue weighted by Crippen LogP contribution is -2.37. The monoisotopic (exact) mass is 452 g/mol. The number of nitrogens with one attached hydrogen (secondary N) is 2. The number of amides is 2. The van der Waals surface area contributed by atoms with Gasteiger partial charge in [-0.2, -0.15) is 0 Å². The number of carbonyl (C=O) groups is 1. The van der Waals surface area contributed by atoms with Crippen molar-refractivity contribution in [3.05, 3.63) is 69.1 Å². The Morgan fingerprint density at radius 3 is 2.36 bits per heavy atom. The topological polar surface area (TPSA) is 112 Å². The molecule has 0 bridgehead atoms. The molecular weight excluding hydrogens is 431 g/mol. The zero-order valence-corrected chi connectivity index (χ0v) is 18.3. The fraction of sp³-hybridized carbons (Fsp3) is 0.182. The Balaban J connectivity index is 2.01. The largest absolute Gasteiger partial charge is 0.494 e. The van der Waals surface area contributed by atoms with Crippen LogP contribution in [0.2, 0.25) is 0 Å². The molecule has 2 aromatic carbocycles. The van der Waals surface area contributed by atoms with Gasteiger partial charge in [-0.05, 0) is 36.4 Å². The molecule has 0 aliphatic rings. The van der Waals surface area contributed by atoms with Crippen LogP contribution in [0.25, 0.3) is 28.2 Å². The van der Waals surface area contributed by atoms with Crippen molar-refractivity contribution < 1.29 is 13.9 Å². The fourth-order valence-electron chi connectivity index (χ4n) is 3.53.